The van der Waals surface area contributed by atoms with E-state index < -0.39 is 0 Å². The van der Waals surface area contributed by atoms with Gasteiger partial charge in [0, 0.05) is 19.6 Å². The summed E-state index contributed by atoms with van der Waals surface area (Å²) < 4.78 is 0. The van der Waals surface area contributed by atoms with Crippen molar-refractivity contribution in [2.45, 2.75) is 6.92 Å². The van der Waals surface area contributed by atoms with E-state index in [1.165, 1.54) is 0 Å². The molecule has 0 aliphatic carbocycles. The molecule has 4 heteroatoms. The van der Waals surface area contributed by atoms with Crippen molar-refractivity contribution in [2.24, 2.45) is 5.73 Å². The third-order valence-electron chi connectivity index (χ3n) is 0.767. The summed E-state index contributed by atoms with van der Waals surface area (Å²) in [4.78, 5) is 0. The van der Waals surface area contributed by atoms with Crippen LogP contribution in [0.1, 0.15) is 6.92 Å². The second-order valence-corrected chi connectivity index (χ2v) is 1.98. The van der Waals surface area contributed by atoms with E-state index >= 15 is 0 Å². The van der Waals surface area contributed by atoms with Crippen LogP contribution < -0.4 is 16.4 Å². The largest absolute Gasteiger partial charge is 0.363 e. The Bertz CT molecular complexity index is 84.3. The molecule has 0 aromatic rings. The van der Waals surface area contributed by atoms with Gasteiger partial charge in [-0.1, -0.05) is 0 Å². The van der Waals surface area contributed by atoms with E-state index in [9.17, 15) is 0 Å². The molecule has 0 aromatic carbocycles. The maximum absolute atomic E-state index is 5.22. The van der Waals surface area contributed by atoms with Crippen molar-refractivity contribution in [2.75, 3.05) is 19.6 Å². The Morgan fingerprint density at radius 1 is 1.56 bits per heavy atom. The highest BCUT2D eigenvalue weighted by atomic mass is 32.1. The SMILES string of the molecule is CCNC(=S)NCCN. The van der Waals surface area contributed by atoms with Crippen molar-refractivity contribution in [3.8, 4) is 0 Å². The predicted molar refractivity (Wildman–Crippen MR) is 43.3 cm³/mol. The topological polar surface area (TPSA) is 50.1 Å². The summed E-state index contributed by atoms with van der Waals surface area (Å²) in [6.45, 7) is 4.21. The number of hydrogen-bond acceptors (Lipinski definition) is 2. The van der Waals surface area contributed by atoms with Gasteiger partial charge in [-0.15, -0.1) is 0 Å². The lowest BCUT2D eigenvalue weighted by Crippen LogP contribution is -2.37. The maximum atomic E-state index is 5.22. The maximum Gasteiger partial charge on any atom is 0.166 e. The third-order valence-corrected chi connectivity index (χ3v) is 1.06. The minimum Gasteiger partial charge on any atom is -0.363 e. The molecule has 0 amide bonds. The molecule has 0 aliphatic rings. The molecule has 0 bridgehead atoms. The standard InChI is InChI=1S/C5H13N3S/c1-2-7-5(9)8-4-3-6/h2-4,6H2,1H3,(H2,7,8,9). The average Bonchev–Trinajstić information content (AvgIpc) is 1.85. The first kappa shape index (κ1) is 8.65. The minimum atomic E-state index is 0.617. The highest BCUT2D eigenvalue weighted by Crippen LogP contribution is 1.62. The van der Waals surface area contributed by atoms with Gasteiger partial charge in [0.05, 0.1) is 0 Å². The molecule has 0 unspecified atom stereocenters. The molecule has 0 atom stereocenters. The number of thiocarbonyl (C=S) groups is 1. The molecule has 54 valence electrons. The molecule has 0 spiro atoms. The van der Waals surface area contributed by atoms with Crippen LogP contribution in [0.2, 0.25) is 0 Å². The summed E-state index contributed by atoms with van der Waals surface area (Å²) in [5.74, 6) is 0. The first-order chi connectivity index (χ1) is 4.31. The highest BCUT2D eigenvalue weighted by Gasteiger charge is 1.87. The van der Waals surface area contributed by atoms with Gasteiger partial charge in [-0.2, -0.15) is 0 Å². The lowest BCUT2D eigenvalue weighted by atomic mass is 10.6. The van der Waals surface area contributed by atoms with E-state index in [4.69, 9.17) is 18.0 Å². The number of hydrogen-bond donors (Lipinski definition) is 3. The molecule has 0 saturated carbocycles. The van der Waals surface area contributed by atoms with Crippen molar-refractivity contribution < 1.29 is 0 Å². The van der Waals surface area contributed by atoms with Gasteiger partial charge >= 0.3 is 0 Å². The molecule has 0 aromatic heterocycles. The quantitative estimate of drug-likeness (QED) is 0.468. The smallest absolute Gasteiger partial charge is 0.166 e. The molecule has 3 nitrogen and oxygen atoms in total. The minimum absolute atomic E-state index is 0.617. The highest BCUT2D eigenvalue weighted by molar-refractivity contribution is 7.80. The summed E-state index contributed by atoms with van der Waals surface area (Å²) in [7, 11) is 0. The molecule has 0 rings (SSSR count). The molecule has 0 saturated heterocycles. The first-order valence-electron chi connectivity index (χ1n) is 3.03. The molecule has 0 fully saturated rings. The van der Waals surface area contributed by atoms with Gasteiger partial charge in [-0.05, 0) is 19.1 Å². The Balaban J connectivity index is 3.06. The van der Waals surface area contributed by atoms with E-state index in [0.717, 1.165) is 13.1 Å². The molecule has 9 heavy (non-hydrogen) atoms. The van der Waals surface area contributed by atoms with Gasteiger partial charge in [0.1, 0.15) is 0 Å². The lowest BCUT2D eigenvalue weighted by molar-refractivity contribution is 0.837. The van der Waals surface area contributed by atoms with E-state index in [2.05, 4.69) is 10.6 Å². The van der Waals surface area contributed by atoms with Crippen LogP contribution in [-0.4, -0.2) is 24.7 Å². The zero-order chi connectivity index (χ0) is 7.11. The molecule has 4 N–H and O–H groups in total. The fourth-order valence-corrected chi connectivity index (χ4v) is 0.655. The molecular weight excluding hydrogens is 134 g/mol. The van der Waals surface area contributed by atoms with E-state index in [-0.39, 0.29) is 0 Å². The van der Waals surface area contributed by atoms with Gasteiger partial charge < -0.3 is 16.4 Å². The summed E-state index contributed by atoms with van der Waals surface area (Å²) in [6, 6.07) is 0. The number of nitrogens with one attached hydrogen (secondary N) is 2. The lowest BCUT2D eigenvalue weighted by Gasteiger charge is -2.05. The van der Waals surface area contributed by atoms with Crippen LogP contribution in [0.4, 0.5) is 0 Å². The van der Waals surface area contributed by atoms with Gasteiger partial charge in [0.15, 0.2) is 5.11 Å². The summed E-state index contributed by atoms with van der Waals surface area (Å²) in [5, 5.41) is 6.56. The van der Waals surface area contributed by atoms with Crippen molar-refractivity contribution in [3.63, 3.8) is 0 Å². The predicted octanol–water partition coefficient (Wildman–Crippen LogP) is -0.571. The summed E-state index contributed by atoms with van der Waals surface area (Å²) in [5.41, 5.74) is 5.22. The zero-order valence-corrected chi connectivity index (χ0v) is 6.42. The van der Waals surface area contributed by atoms with Crippen LogP contribution in [0.5, 0.6) is 0 Å². The van der Waals surface area contributed by atoms with Gasteiger partial charge in [0.2, 0.25) is 0 Å². The first-order valence-corrected chi connectivity index (χ1v) is 3.43. The second kappa shape index (κ2) is 5.78. The van der Waals surface area contributed by atoms with Crippen LogP contribution in [0.15, 0.2) is 0 Å². The Labute approximate surface area is 61.0 Å². The van der Waals surface area contributed by atoms with Crippen LogP contribution in [0, 0.1) is 0 Å². The van der Waals surface area contributed by atoms with Gasteiger partial charge in [0.25, 0.3) is 0 Å². The normalized spacial score (nSPS) is 8.67. The summed E-state index contributed by atoms with van der Waals surface area (Å²) in [6.07, 6.45) is 0. The van der Waals surface area contributed by atoms with Gasteiger partial charge in [-0.25, -0.2) is 0 Å². The Morgan fingerprint density at radius 3 is 2.67 bits per heavy atom. The van der Waals surface area contributed by atoms with Crippen LogP contribution in [0.3, 0.4) is 0 Å². The molecule has 0 aliphatic heterocycles. The third kappa shape index (κ3) is 5.52. The van der Waals surface area contributed by atoms with Crippen molar-refractivity contribution >= 4 is 17.3 Å². The van der Waals surface area contributed by atoms with Crippen LogP contribution in [0.25, 0.3) is 0 Å². The van der Waals surface area contributed by atoms with E-state index in [0.29, 0.717) is 11.7 Å². The molecule has 0 heterocycles. The van der Waals surface area contributed by atoms with Crippen molar-refractivity contribution in [1.82, 2.24) is 10.6 Å². The molecular formula is C5H13N3S. The van der Waals surface area contributed by atoms with Crippen molar-refractivity contribution in [1.29, 1.82) is 0 Å². The zero-order valence-electron chi connectivity index (χ0n) is 5.61. The average molecular weight is 147 g/mol. The van der Waals surface area contributed by atoms with Crippen molar-refractivity contribution in [3.05, 3.63) is 0 Å². The van der Waals surface area contributed by atoms with Crippen LogP contribution >= 0.6 is 12.2 Å². The summed E-state index contributed by atoms with van der Waals surface area (Å²) >= 11 is 4.84. The molecule has 0 radical (unpaired) electrons. The fourth-order valence-electron chi connectivity index (χ4n) is 0.409. The Kier molecular flexibility index (Phi) is 5.56. The van der Waals surface area contributed by atoms with E-state index in [1.807, 2.05) is 6.92 Å². The fraction of sp³-hybridized carbons (Fsp3) is 0.800. The second-order valence-electron chi connectivity index (χ2n) is 1.57. The van der Waals surface area contributed by atoms with Crippen LogP contribution in [-0.2, 0) is 0 Å². The monoisotopic (exact) mass is 147 g/mol. The number of rotatable bonds is 3. The Hall–Kier alpha value is -0.350. The van der Waals surface area contributed by atoms with Gasteiger partial charge in [-0.3, -0.25) is 0 Å². The number of nitrogens with two attached hydrogens (primary N) is 1. The Morgan fingerprint density at radius 2 is 2.22 bits per heavy atom. The van der Waals surface area contributed by atoms with E-state index in [1.54, 1.807) is 0 Å².